The normalized spacial score (nSPS) is 20.9. The molecule has 0 aliphatic carbocycles. The van der Waals surface area contributed by atoms with E-state index in [0.29, 0.717) is 51.1 Å². The molecule has 2 N–H and O–H groups in total. The number of carbonyl (C=O) groups excluding carboxylic acids is 2. The van der Waals surface area contributed by atoms with Crippen LogP contribution in [0.4, 0.5) is 0 Å². The predicted molar refractivity (Wildman–Crippen MR) is 138 cm³/mol. The molecular weight excluding hydrogens is 477 g/mol. The zero-order valence-corrected chi connectivity index (χ0v) is 21.5. The van der Waals surface area contributed by atoms with Crippen LogP contribution in [0.5, 0.6) is 0 Å². The Morgan fingerprint density at radius 3 is 1.92 bits per heavy atom. The van der Waals surface area contributed by atoms with Gasteiger partial charge in [0.25, 0.3) is 0 Å². The fourth-order valence-electron chi connectivity index (χ4n) is 5.33. The maximum absolute atomic E-state index is 14.2. The van der Waals surface area contributed by atoms with Crippen LogP contribution in [-0.2, 0) is 31.3 Å². The topological polar surface area (TPSA) is 107 Å². The second-order valence-electron chi connectivity index (χ2n) is 9.75. The van der Waals surface area contributed by atoms with Gasteiger partial charge in [0.05, 0.1) is 6.04 Å². The van der Waals surface area contributed by atoms with Crippen LogP contribution in [0.2, 0.25) is 0 Å². The van der Waals surface area contributed by atoms with Crippen molar-refractivity contribution in [3.05, 3.63) is 71.8 Å². The minimum atomic E-state index is -3.07. The molecule has 2 aromatic carbocycles. The highest BCUT2D eigenvalue weighted by atomic mass is 31.2. The standard InChI is InChI=1S/C27H34N3O5P/c1-20(25(31)29-16-8-14-23(29)26(32)30-17-9-15-24(30)27(33)34)28-36(35,18-21-10-4-2-5-11-21)19-22-12-6-3-7-13-22/h2-7,10-13,20,23-24H,8-9,14-19H2,1H3,(H,28,35)(H,33,34)/t20-,23-,24-/m0/s1. The molecule has 0 aromatic heterocycles. The summed E-state index contributed by atoms with van der Waals surface area (Å²) in [4.78, 5) is 41.3. The van der Waals surface area contributed by atoms with E-state index in [1.54, 1.807) is 11.8 Å². The third-order valence-corrected chi connectivity index (χ3v) is 9.61. The number of carbonyl (C=O) groups is 3. The molecule has 192 valence electrons. The van der Waals surface area contributed by atoms with Crippen molar-refractivity contribution in [2.45, 2.75) is 63.1 Å². The summed E-state index contributed by atoms with van der Waals surface area (Å²) in [6.45, 7) is 2.51. The molecule has 2 heterocycles. The number of nitrogens with zero attached hydrogens (tertiary/aromatic N) is 2. The van der Waals surface area contributed by atoms with E-state index in [-0.39, 0.29) is 11.8 Å². The first-order valence-electron chi connectivity index (χ1n) is 12.5. The summed E-state index contributed by atoms with van der Waals surface area (Å²) in [5.41, 5.74) is 1.85. The van der Waals surface area contributed by atoms with Gasteiger partial charge in [0.1, 0.15) is 12.1 Å². The van der Waals surface area contributed by atoms with Crippen LogP contribution in [0.1, 0.15) is 43.7 Å². The van der Waals surface area contributed by atoms with Gasteiger partial charge in [-0.2, -0.15) is 0 Å². The van der Waals surface area contributed by atoms with Crippen molar-refractivity contribution < 1.29 is 24.1 Å². The molecule has 2 saturated heterocycles. The lowest BCUT2D eigenvalue weighted by Gasteiger charge is -2.32. The smallest absolute Gasteiger partial charge is 0.326 e. The first kappa shape index (κ1) is 26.1. The van der Waals surface area contributed by atoms with Crippen molar-refractivity contribution in [2.75, 3.05) is 13.1 Å². The Labute approximate surface area is 212 Å². The van der Waals surface area contributed by atoms with E-state index in [4.69, 9.17) is 0 Å². The second-order valence-corrected chi connectivity index (χ2v) is 12.4. The van der Waals surface area contributed by atoms with Crippen LogP contribution >= 0.6 is 7.29 Å². The first-order valence-corrected chi connectivity index (χ1v) is 14.6. The lowest BCUT2D eigenvalue weighted by atomic mass is 10.1. The fraction of sp³-hybridized carbons (Fsp3) is 0.444. The lowest BCUT2D eigenvalue weighted by molar-refractivity contribution is -0.152. The van der Waals surface area contributed by atoms with Crippen LogP contribution in [0.3, 0.4) is 0 Å². The summed E-state index contributed by atoms with van der Waals surface area (Å²) < 4.78 is 14.2. The average Bonchev–Trinajstić information content (AvgIpc) is 3.54. The third-order valence-electron chi connectivity index (χ3n) is 7.00. The van der Waals surface area contributed by atoms with Crippen LogP contribution < -0.4 is 5.09 Å². The lowest BCUT2D eigenvalue weighted by Crippen LogP contribution is -2.53. The molecule has 3 atom stereocenters. The molecule has 0 unspecified atom stereocenters. The number of hydrogen-bond acceptors (Lipinski definition) is 4. The molecule has 2 aliphatic rings. The number of hydrogen-bond donors (Lipinski definition) is 2. The van der Waals surface area contributed by atoms with Gasteiger partial charge in [-0.3, -0.25) is 14.7 Å². The number of aliphatic carboxylic acids is 1. The van der Waals surface area contributed by atoms with Crippen molar-refractivity contribution in [1.29, 1.82) is 0 Å². The Balaban J connectivity index is 1.50. The molecule has 2 aliphatic heterocycles. The van der Waals surface area contributed by atoms with Gasteiger partial charge >= 0.3 is 5.97 Å². The molecule has 0 spiro atoms. The number of nitrogens with one attached hydrogen (secondary N) is 1. The van der Waals surface area contributed by atoms with E-state index in [1.165, 1.54) is 4.90 Å². The van der Waals surface area contributed by atoms with Crippen LogP contribution in [-0.4, -0.2) is 63.9 Å². The van der Waals surface area contributed by atoms with E-state index in [0.717, 1.165) is 11.1 Å². The molecule has 0 radical (unpaired) electrons. The summed E-state index contributed by atoms with van der Waals surface area (Å²) in [6, 6.07) is 16.9. The Kier molecular flexibility index (Phi) is 8.27. The number of likely N-dealkylation sites (tertiary alicyclic amines) is 2. The van der Waals surface area contributed by atoms with Crippen molar-refractivity contribution in [3.8, 4) is 0 Å². The quantitative estimate of drug-likeness (QED) is 0.497. The summed E-state index contributed by atoms with van der Waals surface area (Å²) >= 11 is 0. The molecule has 0 saturated carbocycles. The van der Waals surface area contributed by atoms with Gasteiger partial charge in [0.15, 0.2) is 7.29 Å². The highest BCUT2D eigenvalue weighted by Crippen LogP contribution is 2.49. The molecule has 0 bridgehead atoms. The average molecular weight is 512 g/mol. The zero-order valence-electron chi connectivity index (χ0n) is 20.6. The van der Waals surface area contributed by atoms with E-state index in [2.05, 4.69) is 5.09 Å². The maximum atomic E-state index is 14.2. The maximum Gasteiger partial charge on any atom is 0.326 e. The van der Waals surface area contributed by atoms with Crippen molar-refractivity contribution in [2.24, 2.45) is 0 Å². The largest absolute Gasteiger partial charge is 0.480 e. The van der Waals surface area contributed by atoms with Gasteiger partial charge in [-0.05, 0) is 43.7 Å². The molecular formula is C27H34N3O5P. The fourth-order valence-corrected chi connectivity index (χ4v) is 8.04. The SMILES string of the molecule is C[C@H](NP(=O)(Cc1ccccc1)Cc1ccccc1)C(=O)N1CCC[C@H]1C(=O)N1CCC[C@H]1C(=O)O. The van der Waals surface area contributed by atoms with Gasteiger partial charge in [-0.1, -0.05) is 60.7 Å². The number of amides is 2. The van der Waals surface area contributed by atoms with Crippen LogP contribution in [0.15, 0.2) is 60.7 Å². The Bertz CT molecular complexity index is 1080. The van der Waals surface area contributed by atoms with E-state index in [1.807, 2.05) is 60.7 Å². The third kappa shape index (κ3) is 6.05. The highest BCUT2D eigenvalue weighted by Gasteiger charge is 2.43. The molecule has 4 rings (SSSR count). The summed E-state index contributed by atoms with van der Waals surface area (Å²) in [6.07, 6.45) is 2.86. The van der Waals surface area contributed by atoms with Crippen molar-refractivity contribution >= 4 is 25.1 Å². The predicted octanol–water partition coefficient (Wildman–Crippen LogP) is 3.71. The van der Waals surface area contributed by atoms with Crippen molar-refractivity contribution in [3.63, 3.8) is 0 Å². The van der Waals surface area contributed by atoms with Gasteiger partial charge < -0.3 is 19.5 Å². The van der Waals surface area contributed by atoms with Crippen LogP contribution in [0.25, 0.3) is 0 Å². The van der Waals surface area contributed by atoms with Gasteiger partial charge in [0.2, 0.25) is 11.8 Å². The number of carboxylic acids is 1. The minimum absolute atomic E-state index is 0.279. The van der Waals surface area contributed by atoms with E-state index in [9.17, 15) is 24.1 Å². The molecule has 9 heteroatoms. The molecule has 8 nitrogen and oxygen atoms in total. The van der Waals surface area contributed by atoms with E-state index >= 15 is 0 Å². The monoisotopic (exact) mass is 511 g/mol. The van der Waals surface area contributed by atoms with Gasteiger partial charge in [-0.25, -0.2) is 4.79 Å². The molecule has 36 heavy (non-hydrogen) atoms. The number of rotatable bonds is 9. The van der Waals surface area contributed by atoms with Crippen LogP contribution in [0, 0.1) is 0 Å². The summed E-state index contributed by atoms with van der Waals surface area (Å²) in [5.74, 6) is -1.58. The molecule has 2 fully saturated rings. The van der Waals surface area contributed by atoms with Gasteiger partial charge in [-0.15, -0.1) is 0 Å². The minimum Gasteiger partial charge on any atom is -0.480 e. The zero-order chi connectivity index (χ0) is 25.7. The Morgan fingerprint density at radius 2 is 1.39 bits per heavy atom. The second kappa shape index (κ2) is 11.4. The van der Waals surface area contributed by atoms with Gasteiger partial charge in [0, 0.05) is 25.4 Å². The Morgan fingerprint density at radius 1 is 0.889 bits per heavy atom. The molecule has 2 aromatic rings. The molecule has 2 amide bonds. The highest BCUT2D eigenvalue weighted by molar-refractivity contribution is 7.60. The first-order chi connectivity index (χ1) is 17.3. The van der Waals surface area contributed by atoms with E-state index < -0.39 is 31.4 Å². The van der Waals surface area contributed by atoms with Crippen molar-refractivity contribution in [1.82, 2.24) is 14.9 Å². The number of carboxylic acid groups (broad SMARTS) is 1. The summed E-state index contributed by atoms with van der Waals surface area (Å²) in [5, 5.41) is 12.7. The number of benzene rings is 2. The Hall–Kier alpha value is -2.96. The summed E-state index contributed by atoms with van der Waals surface area (Å²) in [7, 11) is -3.07.